The molecule has 3 nitrogen and oxygen atoms in total. The summed E-state index contributed by atoms with van der Waals surface area (Å²) >= 11 is 0. The molecule has 0 aliphatic heterocycles. The van der Waals surface area contributed by atoms with E-state index in [2.05, 4.69) is 44.3 Å². The van der Waals surface area contributed by atoms with Gasteiger partial charge in [0.05, 0.1) is 6.04 Å². The first-order chi connectivity index (χ1) is 11.4. The van der Waals surface area contributed by atoms with Crippen LogP contribution in [-0.4, -0.2) is 12.0 Å². The standard InChI is InChI=1S/C21H27NO2/c1-6-18-9-7-8-10-20(18)24-17(5)21(23)22-16(4)19-13-14(2)11-12-15(19)3/h7-13,16-17H,6H2,1-5H3,(H,22,23)/t16-,17-/m0/s1. The summed E-state index contributed by atoms with van der Waals surface area (Å²) in [5.74, 6) is 0.677. The molecule has 0 fully saturated rings. The number of nitrogens with one attached hydrogen (secondary N) is 1. The van der Waals surface area contributed by atoms with Crippen molar-refractivity contribution in [2.75, 3.05) is 0 Å². The number of carbonyl (C=O) groups is 1. The van der Waals surface area contributed by atoms with Gasteiger partial charge >= 0.3 is 0 Å². The van der Waals surface area contributed by atoms with Gasteiger partial charge in [-0.3, -0.25) is 4.79 Å². The molecular formula is C21H27NO2. The predicted molar refractivity (Wildman–Crippen MR) is 98.4 cm³/mol. The number of carbonyl (C=O) groups excluding carboxylic acids is 1. The molecule has 0 saturated heterocycles. The van der Waals surface area contributed by atoms with Crippen LogP contribution in [-0.2, 0) is 11.2 Å². The van der Waals surface area contributed by atoms with Crippen LogP contribution in [0.4, 0.5) is 0 Å². The van der Waals surface area contributed by atoms with Crippen molar-refractivity contribution in [3.8, 4) is 5.75 Å². The second-order valence-corrected chi connectivity index (χ2v) is 6.31. The number of para-hydroxylation sites is 1. The van der Waals surface area contributed by atoms with E-state index in [9.17, 15) is 4.79 Å². The second-order valence-electron chi connectivity index (χ2n) is 6.31. The SMILES string of the molecule is CCc1ccccc1O[C@@H](C)C(=O)N[C@@H](C)c1cc(C)ccc1C. The maximum atomic E-state index is 12.5. The topological polar surface area (TPSA) is 38.3 Å². The zero-order valence-corrected chi connectivity index (χ0v) is 15.2. The molecular weight excluding hydrogens is 298 g/mol. The Labute approximate surface area is 145 Å². The molecule has 2 aromatic rings. The van der Waals surface area contributed by atoms with Gasteiger partial charge in [0.1, 0.15) is 5.75 Å². The van der Waals surface area contributed by atoms with Crippen molar-refractivity contribution < 1.29 is 9.53 Å². The first kappa shape index (κ1) is 18.1. The molecule has 2 atom stereocenters. The highest BCUT2D eigenvalue weighted by Gasteiger charge is 2.19. The van der Waals surface area contributed by atoms with Gasteiger partial charge in [0.15, 0.2) is 6.10 Å². The molecule has 0 heterocycles. The summed E-state index contributed by atoms with van der Waals surface area (Å²) in [5, 5.41) is 3.06. The Morgan fingerprint density at radius 3 is 2.54 bits per heavy atom. The number of hydrogen-bond donors (Lipinski definition) is 1. The Balaban J connectivity index is 2.04. The third kappa shape index (κ3) is 4.38. The maximum absolute atomic E-state index is 12.5. The highest BCUT2D eigenvalue weighted by molar-refractivity contribution is 5.81. The van der Waals surface area contributed by atoms with E-state index in [4.69, 9.17) is 4.74 Å². The van der Waals surface area contributed by atoms with Crippen LogP contribution in [0.15, 0.2) is 42.5 Å². The predicted octanol–water partition coefficient (Wildman–Crippen LogP) is 4.51. The van der Waals surface area contributed by atoms with Crippen LogP contribution in [0.25, 0.3) is 0 Å². The average Bonchev–Trinajstić information content (AvgIpc) is 2.57. The van der Waals surface area contributed by atoms with E-state index < -0.39 is 6.10 Å². The minimum atomic E-state index is -0.537. The summed E-state index contributed by atoms with van der Waals surface area (Å²) in [7, 11) is 0. The monoisotopic (exact) mass is 325 g/mol. The lowest BCUT2D eigenvalue weighted by Crippen LogP contribution is -2.38. The van der Waals surface area contributed by atoms with E-state index in [1.165, 1.54) is 11.1 Å². The molecule has 1 amide bonds. The molecule has 0 aliphatic rings. The summed E-state index contributed by atoms with van der Waals surface area (Å²) in [5.41, 5.74) is 4.63. The molecule has 2 aromatic carbocycles. The van der Waals surface area contributed by atoms with E-state index in [0.29, 0.717) is 0 Å². The van der Waals surface area contributed by atoms with Crippen LogP contribution in [0.1, 0.15) is 49.1 Å². The Morgan fingerprint density at radius 2 is 1.83 bits per heavy atom. The van der Waals surface area contributed by atoms with E-state index >= 15 is 0 Å². The number of rotatable bonds is 6. The number of amides is 1. The Morgan fingerprint density at radius 1 is 1.12 bits per heavy atom. The van der Waals surface area contributed by atoms with Crippen molar-refractivity contribution in [3.63, 3.8) is 0 Å². The van der Waals surface area contributed by atoms with Gasteiger partial charge < -0.3 is 10.1 Å². The molecule has 3 heteroatoms. The first-order valence-corrected chi connectivity index (χ1v) is 8.54. The van der Waals surface area contributed by atoms with Gasteiger partial charge in [0.2, 0.25) is 0 Å². The van der Waals surface area contributed by atoms with Gasteiger partial charge in [0, 0.05) is 0 Å². The second kappa shape index (κ2) is 8.00. The third-order valence-corrected chi connectivity index (χ3v) is 4.29. The summed E-state index contributed by atoms with van der Waals surface area (Å²) < 4.78 is 5.88. The third-order valence-electron chi connectivity index (χ3n) is 4.29. The molecule has 0 aromatic heterocycles. The molecule has 0 bridgehead atoms. The molecule has 0 unspecified atom stereocenters. The van der Waals surface area contributed by atoms with E-state index in [1.54, 1.807) is 6.92 Å². The molecule has 1 N–H and O–H groups in total. The number of aryl methyl sites for hydroxylation is 3. The lowest BCUT2D eigenvalue weighted by atomic mass is 10.00. The van der Waals surface area contributed by atoms with Crippen LogP contribution < -0.4 is 10.1 Å². The molecule has 0 aliphatic carbocycles. The number of ether oxygens (including phenoxy) is 1. The quantitative estimate of drug-likeness (QED) is 0.848. The molecule has 0 saturated carbocycles. The minimum Gasteiger partial charge on any atom is -0.481 e. The zero-order chi connectivity index (χ0) is 17.7. The van der Waals surface area contributed by atoms with Gasteiger partial charge in [0.25, 0.3) is 5.91 Å². The van der Waals surface area contributed by atoms with Crippen molar-refractivity contribution in [1.82, 2.24) is 5.32 Å². The molecule has 24 heavy (non-hydrogen) atoms. The zero-order valence-electron chi connectivity index (χ0n) is 15.2. The Bertz CT molecular complexity index is 709. The molecule has 128 valence electrons. The maximum Gasteiger partial charge on any atom is 0.261 e. The molecule has 0 spiro atoms. The summed E-state index contributed by atoms with van der Waals surface area (Å²) in [4.78, 5) is 12.5. The van der Waals surface area contributed by atoms with Crippen molar-refractivity contribution >= 4 is 5.91 Å². The Kier molecular flexibility index (Phi) is 6.02. The normalized spacial score (nSPS) is 13.2. The minimum absolute atomic E-state index is 0.0510. The van der Waals surface area contributed by atoms with E-state index in [1.807, 2.05) is 31.2 Å². The number of benzene rings is 2. The van der Waals surface area contributed by atoms with Crippen LogP contribution in [0, 0.1) is 13.8 Å². The van der Waals surface area contributed by atoms with E-state index in [-0.39, 0.29) is 11.9 Å². The van der Waals surface area contributed by atoms with Gasteiger partial charge in [-0.1, -0.05) is 48.9 Å². The van der Waals surface area contributed by atoms with E-state index in [0.717, 1.165) is 23.3 Å². The van der Waals surface area contributed by atoms with Crippen LogP contribution >= 0.6 is 0 Å². The van der Waals surface area contributed by atoms with Gasteiger partial charge in [-0.2, -0.15) is 0 Å². The van der Waals surface area contributed by atoms with Crippen LogP contribution in [0.2, 0.25) is 0 Å². The number of hydrogen-bond acceptors (Lipinski definition) is 2. The average molecular weight is 325 g/mol. The fraction of sp³-hybridized carbons (Fsp3) is 0.381. The highest BCUT2D eigenvalue weighted by atomic mass is 16.5. The Hall–Kier alpha value is -2.29. The molecule has 0 radical (unpaired) electrons. The van der Waals surface area contributed by atoms with Crippen LogP contribution in [0.3, 0.4) is 0 Å². The van der Waals surface area contributed by atoms with Gasteiger partial charge in [-0.25, -0.2) is 0 Å². The molecule has 2 rings (SSSR count). The smallest absolute Gasteiger partial charge is 0.261 e. The summed E-state index contributed by atoms with van der Waals surface area (Å²) in [6.45, 7) is 10.00. The van der Waals surface area contributed by atoms with Crippen molar-refractivity contribution in [3.05, 3.63) is 64.7 Å². The van der Waals surface area contributed by atoms with Crippen molar-refractivity contribution in [2.24, 2.45) is 0 Å². The fourth-order valence-electron chi connectivity index (χ4n) is 2.79. The summed E-state index contributed by atoms with van der Waals surface area (Å²) in [6, 6.07) is 14.1. The van der Waals surface area contributed by atoms with Crippen LogP contribution in [0.5, 0.6) is 5.75 Å². The van der Waals surface area contributed by atoms with Crippen molar-refractivity contribution in [1.29, 1.82) is 0 Å². The lowest BCUT2D eigenvalue weighted by Gasteiger charge is -2.21. The first-order valence-electron chi connectivity index (χ1n) is 8.54. The van der Waals surface area contributed by atoms with Crippen molar-refractivity contribution in [2.45, 2.75) is 53.2 Å². The largest absolute Gasteiger partial charge is 0.481 e. The highest BCUT2D eigenvalue weighted by Crippen LogP contribution is 2.21. The fourth-order valence-corrected chi connectivity index (χ4v) is 2.79. The lowest BCUT2D eigenvalue weighted by molar-refractivity contribution is -0.127. The van der Waals surface area contributed by atoms with Gasteiger partial charge in [-0.15, -0.1) is 0 Å². The van der Waals surface area contributed by atoms with Gasteiger partial charge in [-0.05, 0) is 56.9 Å². The summed E-state index contributed by atoms with van der Waals surface area (Å²) in [6.07, 6.45) is 0.342.